The molecule has 0 bridgehead atoms. The average Bonchev–Trinajstić information content (AvgIpc) is 2.87. The first-order valence-electron chi connectivity index (χ1n) is 7.05. The molecule has 2 rings (SSSR count). The lowest BCUT2D eigenvalue weighted by atomic mass is 10.3. The minimum atomic E-state index is 0.556. The van der Waals surface area contributed by atoms with E-state index in [2.05, 4.69) is 57.8 Å². The van der Waals surface area contributed by atoms with Crippen LogP contribution < -0.4 is 10.6 Å². The van der Waals surface area contributed by atoms with Crippen LogP contribution in [0, 0.1) is 0 Å². The maximum Gasteiger partial charge on any atom is 0.226 e. The van der Waals surface area contributed by atoms with E-state index in [0.29, 0.717) is 12.0 Å². The Morgan fingerprint density at radius 2 is 2.10 bits per heavy atom. The summed E-state index contributed by atoms with van der Waals surface area (Å²) in [6.45, 7) is 9.14. The molecule has 0 saturated heterocycles. The van der Waals surface area contributed by atoms with Crippen molar-refractivity contribution in [2.24, 2.45) is 0 Å². The third-order valence-corrected chi connectivity index (χ3v) is 4.11. The van der Waals surface area contributed by atoms with Gasteiger partial charge in [0.2, 0.25) is 5.95 Å². The van der Waals surface area contributed by atoms with E-state index in [1.807, 2.05) is 6.92 Å². The number of thiophene rings is 1. The SMILES string of the molecule is CCNc1nc(NCCN(C)C(C)C)c2ccsc2n1. The van der Waals surface area contributed by atoms with Crippen LogP contribution >= 0.6 is 11.3 Å². The fourth-order valence-corrected chi connectivity index (χ4v) is 2.60. The van der Waals surface area contributed by atoms with Gasteiger partial charge in [0.05, 0.1) is 5.39 Å². The number of likely N-dealkylation sites (N-methyl/N-ethyl adjacent to an activating group) is 1. The fourth-order valence-electron chi connectivity index (χ4n) is 1.84. The van der Waals surface area contributed by atoms with Crippen LogP contribution in [-0.4, -0.2) is 47.6 Å². The molecule has 2 N–H and O–H groups in total. The van der Waals surface area contributed by atoms with Crippen LogP contribution in [0.3, 0.4) is 0 Å². The molecule has 0 spiro atoms. The summed E-state index contributed by atoms with van der Waals surface area (Å²) < 4.78 is 0. The first-order chi connectivity index (χ1) is 9.61. The predicted molar refractivity (Wildman–Crippen MR) is 87.8 cm³/mol. The zero-order chi connectivity index (χ0) is 14.5. The van der Waals surface area contributed by atoms with Gasteiger partial charge in [-0.05, 0) is 39.3 Å². The largest absolute Gasteiger partial charge is 0.368 e. The highest BCUT2D eigenvalue weighted by Crippen LogP contribution is 2.26. The molecule has 0 atom stereocenters. The van der Waals surface area contributed by atoms with Crippen LogP contribution in [0.4, 0.5) is 11.8 Å². The van der Waals surface area contributed by atoms with E-state index in [9.17, 15) is 0 Å². The molecular weight excluding hydrogens is 270 g/mol. The molecule has 0 aliphatic heterocycles. The maximum atomic E-state index is 4.56. The van der Waals surface area contributed by atoms with Gasteiger partial charge in [0.25, 0.3) is 0 Å². The quantitative estimate of drug-likeness (QED) is 0.822. The van der Waals surface area contributed by atoms with Crippen molar-refractivity contribution < 1.29 is 0 Å². The lowest BCUT2D eigenvalue weighted by Gasteiger charge is -2.21. The van der Waals surface area contributed by atoms with Gasteiger partial charge in [-0.15, -0.1) is 11.3 Å². The highest BCUT2D eigenvalue weighted by atomic mass is 32.1. The van der Waals surface area contributed by atoms with Crippen LogP contribution in [0.1, 0.15) is 20.8 Å². The Balaban J connectivity index is 2.09. The molecule has 0 unspecified atom stereocenters. The van der Waals surface area contributed by atoms with Gasteiger partial charge >= 0.3 is 0 Å². The predicted octanol–water partition coefficient (Wildman–Crippen LogP) is 2.88. The van der Waals surface area contributed by atoms with Crippen molar-refractivity contribution >= 4 is 33.3 Å². The summed E-state index contributed by atoms with van der Waals surface area (Å²) >= 11 is 1.64. The van der Waals surface area contributed by atoms with Crippen LogP contribution in [0.15, 0.2) is 11.4 Å². The first-order valence-corrected chi connectivity index (χ1v) is 7.93. The number of fused-ring (bicyclic) bond motifs is 1. The van der Waals surface area contributed by atoms with Gasteiger partial charge in [0, 0.05) is 25.7 Å². The Kier molecular flexibility index (Phi) is 5.14. The smallest absolute Gasteiger partial charge is 0.226 e. The molecule has 0 amide bonds. The summed E-state index contributed by atoms with van der Waals surface area (Å²) in [6, 6.07) is 2.63. The number of nitrogens with zero attached hydrogens (tertiary/aromatic N) is 3. The van der Waals surface area contributed by atoms with Gasteiger partial charge in [-0.1, -0.05) is 0 Å². The normalized spacial score (nSPS) is 11.5. The Morgan fingerprint density at radius 1 is 1.30 bits per heavy atom. The van der Waals surface area contributed by atoms with Crippen LogP contribution in [0.5, 0.6) is 0 Å². The van der Waals surface area contributed by atoms with Gasteiger partial charge in [-0.25, -0.2) is 4.98 Å². The maximum absolute atomic E-state index is 4.56. The first kappa shape index (κ1) is 15.0. The monoisotopic (exact) mass is 293 g/mol. The Bertz CT molecular complexity index is 551. The number of rotatable bonds is 7. The molecule has 0 aliphatic rings. The van der Waals surface area contributed by atoms with Crippen molar-refractivity contribution in [1.29, 1.82) is 0 Å². The van der Waals surface area contributed by atoms with E-state index >= 15 is 0 Å². The van der Waals surface area contributed by atoms with E-state index in [1.165, 1.54) is 0 Å². The molecule has 0 aromatic carbocycles. The molecule has 2 heterocycles. The molecule has 0 fully saturated rings. The molecule has 20 heavy (non-hydrogen) atoms. The highest BCUT2D eigenvalue weighted by molar-refractivity contribution is 7.16. The van der Waals surface area contributed by atoms with E-state index in [1.54, 1.807) is 11.3 Å². The summed E-state index contributed by atoms with van der Waals surface area (Å²) in [5.74, 6) is 1.62. The van der Waals surface area contributed by atoms with Gasteiger partial charge in [-0.3, -0.25) is 0 Å². The Morgan fingerprint density at radius 3 is 2.80 bits per heavy atom. The number of aromatic nitrogens is 2. The minimum Gasteiger partial charge on any atom is -0.368 e. The van der Waals surface area contributed by atoms with Crippen molar-refractivity contribution in [3.8, 4) is 0 Å². The number of hydrogen-bond acceptors (Lipinski definition) is 6. The average molecular weight is 293 g/mol. The molecule has 110 valence electrons. The molecule has 5 nitrogen and oxygen atoms in total. The van der Waals surface area contributed by atoms with Crippen molar-refractivity contribution in [3.63, 3.8) is 0 Å². The molecule has 2 aromatic rings. The molecule has 0 saturated carbocycles. The standard InChI is InChI=1S/C14H23N5S/c1-5-15-14-17-12(11-6-9-20-13(11)18-14)16-7-8-19(4)10(2)3/h6,9-10H,5,7-8H2,1-4H3,(H2,15,16,17,18). The van der Waals surface area contributed by atoms with Gasteiger partial charge in [0.1, 0.15) is 10.6 Å². The Hall–Kier alpha value is -1.40. The molecular formula is C14H23N5S. The van der Waals surface area contributed by atoms with Crippen molar-refractivity contribution in [2.75, 3.05) is 37.3 Å². The van der Waals surface area contributed by atoms with E-state index in [-0.39, 0.29) is 0 Å². The van der Waals surface area contributed by atoms with E-state index in [4.69, 9.17) is 0 Å². The summed E-state index contributed by atoms with van der Waals surface area (Å²) in [5, 5.41) is 9.77. The number of nitrogens with one attached hydrogen (secondary N) is 2. The molecule has 0 aliphatic carbocycles. The lowest BCUT2D eigenvalue weighted by Crippen LogP contribution is -2.31. The summed E-state index contributed by atoms with van der Waals surface area (Å²) in [7, 11) is 2.14. The third kappa shape index (κ3) is 3.58. The minimum absolute atomic E-state index is 0.556. The third-order valence-electron chi connectivity index (χ3n) is 3.30. The second kappa shape index (κ2) is 6.85. The van der Waals surface area contributed by atoms with Crippen molar-refractivity contribution in [1.82, 2.24) is 14.9 Å². The molecule has 2 aromatic heterocycles. The van der Waals surface area contributed by atoms with E-state index in [0.717, 1.165) is 35.7 Å². The molecule has 0 radical (unpaired) electrons. The van der Waals surface area contributed by atoms with Crippen molar-refractivity contribution in [3.05, 3.63) is 11.4 Å². The second-order valence-electron chi connectivity index (χ2n) is 5.07. The fraction of sp³-hybridized carbons (Fsp3) is 0.571. The summed E-state index contributed by atoms with van der Waals surface area (Å²) in [5.41, 5.74) is 0. The van der Waals surface area contributed by atoms with E-state index < -0.39 is 0 Å². The summed E-state index contributed by atoms with van der Waals surface area (Å²) in [6.07, 6.45) is 0. The van der Waals surface area contributed by atoms with Crippen LogP contribution in [0.2, 0.25) is 0 Å². The van der Waals surface area contributed by atoms with Gasteiger partial charge in [-0.2, -0.15) is 4.98 Å². The van der Waals surface area contributed by atoms with Gasteiger partial charge < -0.3 is 15.5 Å². The zero-order valence-electron chi connectivity index (χ0n) is 12.6. The second-order valence-corrected chi connectivity index (χ2v) is 5.96. The van der Waals surface area contributed by atoms with Crippen molar-refractivity contribution in [2.45, 2.75) is 26.8 Å². The Labute approximate surface area is 124 Å². The zero-order valence-corrected chi connectivity index (χ0v) is 13.4. The highest BCUT2D eigenvalue weighted by Gasteiger charge is 2.09. The van der Waals surface area contributed by atoms with Gasteiger partial charge in [0.15, 0.2) is 0 Å². The number of hydrogen-bond donors (Lipinski definition) is 2. The lowest BCUT2D eigenvalue weighted by molar-refractivity contribution is 0.284. The van der Waals surface area contributed by atoms with Crippen LogP contribution in [0.25, 0.3) is 10.2 Å². The topological polar surface area (TPSA) is 53.1 Å². The molecule has 6 heteroatoms. The summed E-state index contributed by atoms with van der Waals surface area (Å²) in [4.78, 5) is 12.4. The van der Waals surface area contributed by atoms with Crippen LogP contribution in [-0.2, 0) is 0 Å². The number of anilines is 2.